The molecule has 0 radical (unpaired) electrons. The number of aliphatic hydroxyl groups is 1. The van der Waals surface area contributed by atoms with Crippen LogP contribution in [-0.2, 0) is 4.79 Å². The normalized spacial score (nSPS) is 13.8. The molecule has 168 valence electrons. The second kappa shape index (κ2) is 10.7. The van der Waals surface area contributed by atoms with Gasteiger partial charge in [-0.25, -0.2) is 0 Å². The van der Waals surface area contributed by atoms with Gasteiger partial charge in [0.05, 0.1) is 0 Å². The van der Waals surface area contributed by atoms with Crippen LogP contribution in [0.4, 0.5) is 0 Å². The Labute approximate surface area is 197 Å². The van der Waals surface area contributed by atoms with E-state index in [9.17, 15) is 9.90 Å². The summed E-state index contributed by atoms with van der Waals surface area (Å²) in [6, 6.07) is 41.1. The van der Waals surface area contributed by atoms with Crippen LogP contribution in [0.2, 0.25) is 0 Å². The minimum atomic E-state index is -2.67. The molecule has 4 aromatic rings. The molecular formula is C30H31O2P. The number of aliphatic hydroxyl groups excluding tert-OH is 1. The zero-order valence-electron chi connectivity index (χ0n) is 19.0. The van der Waals surface area contributed by atoms with E-state index in [1.807, 2.05) is 48.5 Å². The minimum absolute atomic E-state index is 0.187. The molecular weight excluding hydrogens is 423 g/mol. The summed E-state index contributed by atoms with van der Waals surface area (Å²) >= 11 is 0. The number of carbonyl (C=O) groups excluding carboxylic acids is 1. The van der Waals surface area contributed by atoms with Gasteiger partial charge in [-0.05, 0) is 0 Å². The number of rotatable bonds is 9. The predicted octanol–water partition coefficient (Wildman–Crippen LogP) is 5.18. The molecule has 2 atom stereocenters. The third-order valence-corrected chi connectivity index (χ3v) is 12.0. The van der Waals surface area contributed by atoms with Crippen molar-refractivity contribution < 1.29 is 9.90 Å². The van der Waals surface area contributed by atoms with E-state index >= 15 is 0 Å². The van der Waals surface area contributed by atoms with Gasteiger partial charge in [-0.3, -0.25) is 0 Å². The average molecular weight is 455 g/mol. The number of hydrogen-bond donors (Lipinski definition) is 1. The number of benzene rings is 4. The van der Waals surface area contributed by atoms with E-state index in [0.717, 1.165) is 5.56 Å². The molecule has 0 aliphatic carbocycles. The number of carbonyl (C=O) groups is 1. The zero-order valence-corrected chi connectivity index (χ0v) is 20.0. The molecule has 0 heterocycles. The van der Waals surface area contributed by atoms with Gasteiger partial charge in [-0.15, -0.1) is 0 Å². The number of Topliss-reactive ketones (excluding diaryl/α,β-unsaturated/α-hetero) is 1. The van der Waals surface area contributed by atoms with Gasteiger partial charge < -0.3 is 0 Å². The van der Waals surface area contributed by atoms with E-state index in [1.54, 1.807) is 0 Å². The number of hydrogen-bond acceptors (Lipinski definition) is 2. The molecule has 2 unspecified atom stereocenters. The molecule has 3 heteroatoms. The van der Waals surface area contributed by atoms with Crippen LogP contribution in [0.3, 0.4) is 0 Å². The molecule has 33 heavy (non-hydrogen) atoms. The quantitative estimate of drug-likeness (QED) is 0.354. The van der Waals surface area contributed by atoms with Crippen LogP contribution in [0.1, 0.15) is 31.4 Å². The summed E-state index contributed by atoms with van der Waals surface area (Å²) in [5.74, 6) is 0.202. The molecule has 0 amide bonds. The van der Waals surface area contributed by atoms with E-state index in [4.69, 9.17) is 0 Å². The summed E-state index contributed by atoms with van der Waals surface area (Å²) in [6.45, 7) is 2.09. The molecule has 0 saturated carbocycles. The molecule has 1 N–H and O–H groups in total. The third kappa shape index (κ3) is 4.83. The summed E-state index contributed by atoms with van der Waals surface area (Å²) in [6.07, 6.45) is 0.137. The van der Waals surface area contributed by atoms with Gasteiger partial charge in [-0.1, -0.05) is 0 Å². The summed E-state index contributed by atoms with van der Waals surface area (Å²) in [7, 11) is -2.67. The van der Waals surface area contributed by atoms with Gasteiger partial charge in [-0.2, -0.15) is 0 Å². The Morgan fingerprint density at radius 3 is 1.42 bits per heavy atom. The van der Waals surface area contributed by atoms with E-state index in [1.165, 1.54) is 15.9 Å². The Kier molecular flexibility index (Phi) is 7.50. The van der Waals surface area contributed by atoms with Crippen LogP contribution in [0, 0.1) is 0 Å². The van der Waals surface area contributed by atoms with Crippen LogP contribution in [0.5, 0.6) is 0 Å². The predicted molar refractivity (Wildman–Crippen MR) is 142 cm³/mol. The van der Waals surface area contributed by atoms with Gasteiger partial charge in [0.15, 0.2) is 0 Å². The van der Waals surface area contributed by atoms with E-state index < -0.39 is 13.4 Å². The van der Waals surface area contributed by atoms with Gasteiger partial charge in [0.25, 0.3) is 0 Å². The van der Waals surface area contributed by atoms with Crippen molar-refractivity contribution in [1.82, 2.24) is 0 Å². The first kappa shape index (κ1) is 23.1. The Bertz CT molecular complexity index is 1050. The average Bonchev–Trinajstić information content (AvgIpc) is 2.90. The standard InChI is InChI=1S/C30H31O2P/c1-24(29(31)22-23-30(32)25-14-6-2-7-15-25)33(26-16-8-3-9-17-26,27-18-10-4-11-19-27)28-20-12-5-13-21-28/h2-21,24,30,32-33H,22-23H2,1H3. The topological polar surface area (TPSA) is 37.3 Å². The third-order valence-electron chi connectivity index (χ3n) is 6.67. The molecule has 0 aliphatic heterocycles. The van der Waals surface area contributed by atoms with Gasteiger partial charge in [0.1, 0.15) is 0 Å². The van der Waals surface area contributed by atoms with Crippen molar-refractivity contribution >= 4 is 29.0 Å². The summed E-state index contributed by atoms with van der Waals surface area (Å²) in [5, 5.41) is 14.3. The van der Waals surface area contributed by atoms with E-state index in [-0.39, 0.29) is 11.4 Å². The fraction of sp³-hybridized carbons (Fsp3) is 0.167. The molecule has 0 spiro atoms. The Morgan fingerprint density at radius 2 is 1.03 bits per heavy atom. The van der Waals surface area contributed by atoms with Crippen LogP contribution < -0.4 is 15.9 Å². The molecule has 0 bridgehead atoms. The van der Waals surface area contributed by atoms with Crippen LogP contribution in [0.25, 0.3) is 0 Å². The first-order chi connectivity index (χ1) is 16.1. The molecule has 4 aromatic carbocycles. The monoisotopic (exact) mass is 454 g/mol. The summed E-state index contributed by atoms with van der Waals surface area (Å²) in [4.78, 5) is 13.8. The van der Waals surface area contributed by atoms with E-state index in [2.05, 4.69) is 79.7 Å². The second-order valence-electron chi connectivity index (χ2n) is 8.56. The van der Waals surface area contributed by atoms with Crippen LogP contribution in [-0.4, -0.2) is 16.5 Å². The van der Waals surface area contributed by atoms with Crippen molar-refractivity contribution in [1.29, 1.82) is 0 Å². The first-order valence-electron chi connectivity index (χ1n) is 11.6. The molecule has 2 nitrogen and oxygen atoms in total. The summed E-state index contributed by atoms with van der Waals surface area (Å²) < 4.78 is 0. The van der Waals surface area contributed by atoms with Gasteiger partial charge in [0, 0.05) is 0 Å². The molecule has 0 aromatic heterocycles. The maximum atomic E-state index is 13.8. The summed E-state index contributed by atoms with van der Waals surface area (Å²) in [5.41, 5.74) is 0.670. The van der Waals surface area contributed by atoms with E-state index in [0.29, 0.717) is 12.8 Å². The first-order valence-corrected chi connectivity index (χ1v) is 13.6. The maximum absolute atomic E-state index is 13.8. The molecule has 0 saturated heterocycles. The second-order valence-corrected chi connectivity index (χ2v) is 12.8. The molecule has 4 rings (SSSR count). The van der Waals surface area contributed by atoms with Crippen molar-refractivity contribution in [2.24, 2.45) is 0 Å². The molecule has 0 aliphatic rings. The van der Waals surface area contributed by atoms with Crippen molar-refractivity contribution in [2.75, 3.05) is 0 Å². The Hall–Kier alpha value is -3.06. The number of ketones is 1. The fourth-order valence-corrected chi connectivity index (χ4v) is 10.2. The SMILES string of the molecule is CC(C(=O)CCC(O)c1ccccc1)[PH](c1ccccc1)(c1ccccc1)c1ccccc1. The van der Waals surface area contributed by atoms with Crippen LogP contribution >= 0.6 is 7.26 Å². The Balaban J connectivity index is 1.75. The van der Waals surface area contributed by atoms with Gasteiger partial charge in [0.2, 0.25) is 0 Å². The van der Waals surface area contributed by atoms with Gasteiger partial charge >= 0.3 is 197 Å². The molecule has 0 fully saturated rings. The van der Waals surface area contributed by atoms with Crippen molar-refractivity contribution in [3.8, 4) is 0 Å². The fourth-order valence-electron chi connectivity index (χ4n) is 4.93. The van der Waals surface area contributed by atoms with Crippen molar-refractivity contribution in [3.05, 3.63) is 127 Å². The van der Waals surface area contributed by atoms with Crippen molar-refractivity contribution in [3.63, 3.8) is 0 Å². The zero-order chi connectivity index (χ0) is 23.1. The Morgan fingerprint density at radius 1 is 0.667 bits per heavy atom. The van der Waals surface area contributed by atoms with Crippen LogP contribution in [0.15, 0.2) is 121 Å². The van der Waals surface area contributed by atoms with Crippen molar-refractivity contribution in [2.45, 2.75) is 31.5 Å².